The Bertz CT molecular complexity index is 322. The van der Waals surface area contributed by atoms with E-state index in [4.69, 9.17) is 4.74 Å². The molecule has 2 heteroatoms. The molecule has 0 fully saturated rings. The third-order valence-corrected chi connectivity index (χ3v) is 2.76. The number of hydrogen-bond acceptors (Lipinski definition) is 2. The van der Waals surface area contributed by atoms with E-state index in [0.717, 1.165) is 25.3 Å². The summed E-state index contributed by atoms with van der Waals surface area (Å²) in [5, 5.41) is 3.45. The first-order valence-corrected chi connectivity index (χ1v) is 5.31. The average molecular weight is 191 g/mol. The molecule has 14 heavy (non-hydrogen) atoms. The van der Waals surface area contributed by atoms with Crippen LogP contribution < -0.4 is 10.1 Å². The summed E-state index contributed by atoms with van der Waals surface area (Å²) in [7, 11) is 0. The SMILES string of the molecule is CCOc1cccc2c1CCNC2C. The molecular formula is C12H17NO. The smallest absolute Gasteiger partial charge is 0.122 e. The summed E-state index contributed by atoms with van der Waals surface area (Å²) in [6, 6.07) is 6.79. The highest BCUT2D eigenvalue weighted by molar-refractivity contribution is 5.43. The summed E-state index contributed by atoms with van der Waals surface area (Å²) < 4.78 is 5.62. The molecule has 0 aromatic heterocycles. The van der Waals surface area contributed by atoms with Crippen LogP contribution in [-0.4, -0.2) is 13.2 Å². The van der Waals surface area contributed by atoms with Gasteiger partial charge in [-0.05, 0) is 38.4 Å². The van der Waals surface area contributed by atoms with Crippen LogP contribution in [0.4, 0.5) is 0 Å². The molecule has 2 rings (SSSR count). The summed E-state index contributed by atoms with van der Waals surface area (Å²) in [6.07, 6.45) is 1.08. The van der Waals surface area contributed by atoms with E-state index in [2.05, 4.69) is 30.4 Å². The number of rotatable bonds is 2. The average Bonchev–Trinajstić information content (AvgIpc) is 2.20. The van der Waals surface area contributed by atoms with E-state index in [1.807, 2.05) is 6.92 Å². The largest absolute Gasteiger partial charge is 0.494 e. The maximum atomic E-state index is 5.62. The third-order valence-electron chi connectivity index (χ3n) is 2.76. The van der Waals surface area contributed by atoms with Crippen molar-refractivity contribution in [3.05, 3.63) is 29.3 Å². The Morgan fingerprint density at radius 2 is 2.36 bits per heavy atom. The second-order valence-electron chi connectivity index (χ2n) is 3.68. The van der Waals surface area contributed by atoms with Crippen LogP contribution >= 0.6 is 0 Å². The van der Waals surface area contributed by atoms with Crippen molar-refractivity contribution in [2.75, 3.05) is 13.2 Å². The van der Waals surface area contributed by atoms with Gasteiger partial charge in [0.25, 0.3) is 0 Å². The zero-order chi connectivity index (χ0) is 9.97. The van der Waals surface area contributed by atoms with Crippen molar-refractivity contribution in [3.8, 4) is 5.75 Å². The van der Waals surface area contributed by atoms with Crippen molar-refractivity contribution < 1.29 is 4.74 Å². The molecule has 2 nitrogen and oxygen atoms in total. The first-order chi connectivity index (χ1) is 6.83. The van der Waals surface area contributed by atoms with Crippen LogP contribution in [0.5, 0.6) is 5.75 Å². The number of benzene rings is 1. The number of fused-ring (bicyclic) bond motifs is 1. The van der Waals surface area contributed by atoms with Gasteiger partial charge in [0.2, 0.25) is 0 Å². The molecule has 0 saturated carbocycles. The van der Waals surface area contributed by atoms with Crippen molar-refractivity contribution in [1.29, 1.82) is 0 Å². The van der Waals surface area contributed by atoms with Crippen LogP contribution in [0.15, 0.2) is 18.2 Å². The molecular weight excluding hydrogens is 174 g/mol. The van der Waals surface area contributed by atoms with E-state index in [0.29, 0.717) is 6.04 Å². The van der Waals surface area contributed by atoms with Gasteiger partial charge in [-0.15, -0.1) is 0 Å². The van der Waals surface area contributed by atoms with E-state index in [-0.39, 0.29) is 0 Å². The molecule has 1 N–H and O–H groups in total. The fourth-order valence-corrected chi connectivity index (χ4v) is 2.07. The van der Waals surface area contributed by atoms with Crippen molar-refractivity contribution in [3.63, 3.8) is 0 Å². The summed E-state index contributed by atoms with van der Waals surface area (Å²) in [6.45, 7) is 6.04. The number of nitrogens with one attached hydrogen (secondary N) is 1. The minimum atomic E-state index is 0.458. The van der Waals surface area contributed by atoms with E-state index in [1.165, 1.54) is 11.1 Å². The van der Waals surface area contributed by atoms with Gasteiger partial charge in [0.1, 0.15) is 5.75 Å². The van der Waals surface area contributed by atoms with Gasteiger partial charge in [-0.2, -0.15) is 0 Å². The molecule has 0 aliphatic carbocycles. The van der Waals surface area contributed by atoms with Crippen LogP contribution in [0, 0.1) is 0 Å². The molecule has 0 radical (unpaired) electrons. The van der Waals surface area contributed by atoms with Crippen molar-refractivity contribution in [2.45, 2.75) is 26.3 Å². The second-order valence-corrected chi connectivity index (χ2v) is 3.68. The lowest BCUT2D eigenvalue weighted by molar-refractivity contribution is 0.333. The van der Waals surface area contributed by atoms with Gasteiger partial charge in [0.05, 0.1) is 6.61 Å². The fraction of sp³-hybridized carbons (Fsp3) is 0.500. The van der Waals surface area contributed by atoms with Crippen molar-refractivity contribution in [2.24, 2.45) is 0 Å². The Kier molecular flexibility index (Phi) is 2.73. The Hall–Kier alpha value is -1.02. The monoisotopic (exact) mass is 191 g/mol. The first-order valence-electron chi connectivity index (χ1n) is 5.31. The van der Waals surface area contributed by atoms with Gasteiger partial charge in [-0.25, -0.2) is 0 Å². The summed E-state index contributed by atoms with van der Waals surface area (Å²) >= 11 is 0. The molecule has 0 spiro atoms. The molecule has 0 saturated heterocycles. The van der Waals surface area contributed by atoms with Crippen LogP contribution in [0.2, 0.25) is 0 Å². The van der Waals surface area contributed by atoms with Crippen LogP contribution in [0.3, 0.4) is 0 Å². The molecule has 1 aromatic carbocycles. The second kappa shape index (κ2) is 4.01. The summed E-state index contributed by atoms with van der Waals surface area (Å²) in [4.78, 5) is 0. The van der Waals surface area contributed by atoms with Crippen molar-refractivity contribution in [1.82, 2.24) is 5.32 Å². The predicted molar refractivity (Wildman–Crippen MR) is 57.7 cm³/mol. The van der Waals surface area contributed by atoms with Gasteiger partial charge < -0.3 is 10.1 Å². The van der Waals surface area contributed by atoms with Crippen LogP contribution in [-0.2, 0) is 6.42 Å². The van der Waals surface area contributed by atoms with E-state index >= 15 is 0 Å². The van der Waals surface area contributed by atoms with E-state index < -0.39 is 0 Å². The standard InChI is InChI=1S/C12H17NO/c1-3-14-12-6-4-5-10-9(2)13-8-7-11(10)12/h4-6,9,13H,3,7-8H2,1-2H3. The van der Waals surface area contributed by atoms with Crippen molar-refractivity contribution >= 4 is 0 Å². The van der Waals surface area contributed by atoms with E-state index in [9.17, 15) is 0 Å². The summed E-state index contributed by atoms with van der Waals surface area (Å²) in [5.74, 6) is 1.07. The third kappa shape index (κ3) is 1.62. The van der Waals surface area contributed by atoms with E-state index in [1.54, 1.807) is 0 Å². The fourth-order valence-electron chi connectivity index (χ4n) is 2.07. The van der Waals surface area contributed by atoms with Gasteiger partial charge >= 0.3 is 0 Å². The van der Waals surface area contributed by atoms with Crippen LogP contribution in [0.25, 0.3) is 0 Å². The molecule has 0 amide bonds. The minimum absolute atomic E-state index is 0.458. The zero-order valence-electron chi connectivity index (χ0n) is 8.84. The molecule has 1 aliphatic rings. The zero-order valence-corrected chi connectivity index (χ0v) is 8.84. The lowest BCUT2D eigenvalue weighted by Crippen LogP contribution is -2.28. The molecule has 1 aromatic rings. The lowest BCUT2D eigenvalue weighted by atomic mass is 9.94. The quantitative estimate of drug-likeness (QED) is 0.774. The van der Waals surface area contributed by atoms with Gasteiger partial charge in [0.15, 0.2) is 0 Å². The summed E-state index contributed by atoms with van der Waals surface area (Å²) in [5.41, 5.74) is 2.78. The maximum Gasteiger partial charge on any atom is 0.122 e. The first kappa shape index (κ1) is 9.53. The maximum absolute atomic E-state index is 5.62. The molecule has 1 atom stereocenters. The number of hydrogen-bond donors (Lipinski definition) is 1. The van der Waals surface area contributed by atoms with Gasteiger partial charge in [-0.3, -0.25) is 0 Å². The molecule has 1 aliphatic heterocycles. The Morgan fingerprint density at radius 1 is 1.50 bits per heavy atom. The van der Waals surface area contributed by atoms with Crippen LogP contribution in [0.1, 0.15) is 31.0 Å². The lowest BCUT2D eigenvalue weighted by Gasteiger charge is -2.25. The normalized spacial score (nSPS) is 20.3. The Balaban J connectivity index is 2.39. The Morgan fingerprint density at radius 3 is 3.14 bits per heavy atom. The number of ether oxygens (including phenoxy) is 1. The topological polar surface area (TPSA) is 21.3 Å². The minimum Gasteiger partial charge on any atom is -0.494 e. The molecule has 76 valence electrons. The van der Waals surface area contributed by atoms with Gasteiger partial charge in [0, 0.05) is 11.6 Å². The highest BCUT2D eigenvalue weighted by atomic mass is 16.5. The highest BCUT2D eigenvalue weighted by Gasteiger charge is 2.18. The molecule has 1 unspecified atom stereocenters. The predicted octanol–water partition coefficient (Wildman–Crippen LogP) is 2.29. The Labute approximate surface area is 85.3 Å². The molecule has 0 bridgehead atoms. The van der Waals surface area contributed by atoms with Gasteiger partial charge in [-0.1, -0.05) is 12.1 Å². The highest BCUT2D eigenvalue weighted by Crippen LogP contribution is 2.29. The molecule has 1 heterocycles.